The molecule has 21 heavy (non-hydrogen) atoms. The van der Waals surface area contributed by atoms with Crippen molar-refractivity contribution in [3.8, 4) is 5.75 Å². The fourth-order valence-corrected chi connectivity index (χ4v) is 2.04. The van der Waals surface area contributed by atoms with E-state index in [1.54, 1.807) is 0 Å². The van der Waals surface area contributed by atoms with Crippen molar-refractivity contribution in [2.24, 2.45) is 0 Å². The summed E-state index contributed by atoms with van der Waals surface area (Å²) in [6.07, 6.45) is 0. The Labute approximate surface area is 128 Å². The van der Waals surface area contributed by atoms with E-state index in [0.29, 0.717) is 6.61 Å². The van der Waals surface area contributed by atoms with Crippen molar-refractivity contribution in [2.75, 3.05) is 6.61 Å². The van der Waals surface area contributed by atoms with Gasteiger partial charge in [0.05, 0.1) is 12.6 Å². The summed E-state index contributed by atoms with van der Waals surface area (Å²) in [5.74, 6) is 0.882. The van der Waals surface area contributed by atoms with E-state index in [1.165, 1.54) is 0 Å². The molecule has 0 saturated carbocycles. The Hall–Kier alpha value is -1.55. The standard InChI is InChI=1S/C17H28N2O2/c1-7-21-15-10-8-14(9-11-15)12(2)18-13(3)16(20)19-17(4,5)6/h8-13,18H,7H2,1-6H3,(H,19,20). The lowest BCUT2D eigenvalue weighted by atomic mass is 10.1. The monoisotopic (exact) mass is 292 g/mol. The summed E-state index contributed by atoms with van der Waals surface area (Å²) in [6, 6.07) is 7.81. The second-order valence-corrected chi connectivity index (χ2v) is 6.35. The molecule has 2 atom stereocenters. The van der Waals surface area contributed by atoms with Gasteiger partial charge in [0.1, 0.15) is 5.75 Å². The number of rotatable bonds is 6. The van der Waals surface area contributed by atoms with Gasteiger partial charge in [0.25, 0.3) is 0 Å². The molecule has 0 aliphatic carbocycles. The van der Waals surface area contributed by atoms with Crippen molar-refractivity contribution in [1.82, 2.24) is 10.6 Å². The van der Waals surface area contributed by atoms with Gasteiger partial charge in [-0.1, -0.05) is 12.1 Å². The van der Waals surface area contributed by atoms with Crippen LogP contribution in [0.4, 0.5) is 0 Å². The van der Waals surface area contributed by atoms with Crippen LogP contribution in [0.15, 0.2) is 24.3 Å². The number of hydrogen-bond acceptors (Lipinski definition) is 3. The maximum Gasteiger partial charge on any atom is 0.237 e. The number of benzene rings is 1. The van der Waals surface area contributed by atoms with Crippen LogP contribution in [0.25, 0.3) is 0 Å². The highest BCUT2D eigenvalue weighted by Gasteiger charge is 2.20. The van der Waals surface area contributed by atoms with Crippen molar-refractivity contribution in [3.05, 3.63) is 29.8 Å². The van der Waals surface area contributed by atoms with E-state index in [-0.39, 0.29) is 23.5 Å². The van der Waals surface area contributed by atoms with Crippen molar-refractivity contribution in [2.45, 2.75) is 59.2 Å². The molecule has 1 aromatic carbocycles. The SMILES string of the molecule is CCOc1ccc(C(C)NC(C)C(=O)NC(C)(C)C)cc1. The van der Waals surface area contributed by atoms with Crippen molar-refractivity contribution in [3.63, 3.8) is 0 Å². The van der Waals surface area contributed by atoms with Gasteiger partial charge < -0.3 is 10.1 Å². The Morgan fingerprint density at radius 2 is 1.76 bits per heavy atom. The van der Waals surface area contributed by atoms with Crippen LogP contribution in [0.3, 0.4) is 0 Å². The smallest absolute Gasteiger partial charge is 0.237 e. The highest BCUT2D eigenvalue weighted by molar-refractivity contribution is 5.81. The van der Waals surface area contributed by atoms with Gasteiger partial charge in [-0.15, -0.1) is 0 Å². The Morgan fingerprint density at radius 3 is 2.24 bits per heavy atom. The molecule has 0 aliphatic heterocycles. The van der Waals surface area contributed by atoms with E-state index in [9.17, 15) is 4.79 Å². The van der Waals surface area contributed by atoms with Gasteiger partial charge in [-0.2, -0.15) is 0 Å². The van der Waals surface area contributed by atoms with Crippen LogP contribution < -0.4 is 15.4 Å². The third kappa shape index (κ3) is 6.17. The molecule has 4 heteroatoms. The molecule has 0 radical (unpaired) electrons. The number of carbonyl (C=O) groups excluding carboxylic acids is 1. The van der Waals surface area contributed by atoms with Crippen LogP contribution in [0, 0.1) is 0 Å². The normalized spacial score (nSPS) is 14.4. The quantitative estimate of drug-likeness (QED) is 0.847. The lowest BCUT2D eigenvalue weighted by Crippen LogP contribution is -2.49. The Bertz CT molecular complexity index is 449. The third-order valence-corrected chi connectivity index (χ3v) is 3.08. The molecule has 2 N–H and O–H groups in total. The minimum Gasteiger partial charge on any atom is -0.494 e. The van der Waals surface area contributed by atoms with Crippen LogP contribution >= 0.6 is 0 Å². The fourth-order valence-electron chi connectivity index (χ4n) is 2.04. The topological polar surface area (TPSA) is 50.4 Å². The molecule has 1 rings (SSSR count). The molecule has 1 aromatic rings. The molecule has 0 bridgehead atoms. The summed E-state index contributed by atoms with van der Waals surface area (Å²) in [7, 11) is 0. The van der Waals surface area contributed by atoms with Crippen molar-refractivity contribution in [1.29, 1.82) is 0 Å². The molecule has 118 valence electrons. The Balaban J connectivity index is 2.59. The highest BCUT2D eigenvalue weighted by atomic mass is 16.5. The van der Waals surface area contributed by atoms with E-state index in [1.807, 2.05) is 58.9 Å². The van der Waals surface area contributed by atoms with Crippen LogP contribution in [0.2, 0.25) is 0 Å². The van der Waals surface area contributed by atoms with E-state index in [0.717, 1.165) is 11.3 Å². The first-order chi connectivity index (χ1) is 9.73. The largest absolute Gasteiger partial charge is 0.494 e. The first-order valence-electron chi connectivity index (χ1n) is 7.53. The van der Waals surface area contributed by atoms with Gasteiger partial charge in [-0.25, -0.2) is 0 Å². The molecular weight excluding hydrogens is 264 g/mol. The zero-order chi connectivity index (χ0) is 16.0. The van der Waals surface area contributed by atoms with Crippen LogP contribution in [0.1, 0.15) is 53.1 Å². The van der Waals surface area contributed by atoms with Gasteiger partial charge in [-0.3, -0.25) is 10.1 Å². The van der Waals surface area contributed by atoms with Gasteiger partial charge in [-0.05, 0) is 59.2 Å². The number of amides is 1. The second kappa shape index (κ2) is 7.46. The molecular formula is C17H28N2O2. The lowest BCUT2D eigenvalue weighted by Gasteiger charge is -2.25. The molecule has 0 fully saturated rings. The maximum atomic E-state index is 12.1. The van der Waals surface area contributed by atoms with E-state index in [4.69, 9.17) is 4.74 Å². The predicted molar refractivity (Wildman–Crippen MR) is 86.5 cm³/mol. The Morgan fingerprint density at radius 1 is 1.19 bits per heavy atom. The predicted octanol–water partition coefficient (Wildman–Crippen LogP) is 3.04. The molecule has 0 aliphatic rings. The number of ether oxygens (including phenoxy) is 1. The lowest BCUT2D eigenvalue weighted by molar-refractivity contribution is -0.124. The number of nitrogens with one attached hydrogen (secondary N) is 2. The van der Waals surface area contributed by atoms with Crippen molar-refractivity contribution >= 4 is 5.91 Å². The molecule has 2 unspecified atom stereocenters. The van der Waals surface area contributed by atoms with E-state index < -0.39 is 0 Å². The van der Waals surface area contributed by atoms with Crippen LogP contribution in [-0.2, 0) is 4.79 Å². The molecule has 1 amide bonds. The zero-order valence-electron chi connectivity index (χ0n) is 14.0. The Kier molecular flexibility index (Phi) is 6.21. The highest BCUT2D eigenvalue weighted by Crippen LogP contribution is 2.18. The first-order valence-corrected chi connectivity index (χ1v) is 7.53. The summed E-state index contributed by atoms with van der Waals surface area (Å²) < 4.78 is 5.43. The minimum absolute atomic E-state index is 0.0142. The first kappa shape index (κ1) is 17.5. The van der Waals surface area contributed by atoms with Crippen LogP contribution in [-0.4, -0.2) is 24.1 Å². The fraction of sp³-hybridized carbons (Fsp3) is 0.588. The summed E-state index contributed by atoms with van der Waals surface area (Å²) in [6.45, 7) is 12.5. The summed E-state index contributed by atoms with van der Waals surface area (Å²) >= 11 is 0. The number of hydrogen-bond donors (Lipinski definition) is 2. The van der Waals surface area contributed by atoms with Gasteiger partial charge in [0.15, 0.2) is 0 Å². The maximum absolute atomic E-state index is 12.1. The second-order valence-electron chi connectivity index (χ2n) is 6.35. The average Bonchev–Trinajstić information content (AvgIpc) is 2.37. The van der Waals surface area contributed by atoms with Crippen LogP contribution in [0.5, 0.6) is 5.75 Å². The number of carbonyl (C=O) groups is 1. The van der Waals surface area contributed by atoms with Gasteiger partial charge in [0.2, 0.25) is 5.91 Å². The molecule has 4 nitrogen and oxygen atoms in total. The summed E-state index contributed by atoms with van der Waals surface area (Å²) in [4.78, 5) is 12.1. The molecule has 0 aromatic heterocycles. The molecule has 0 heterocycles. The van der Waals surface area contributed by atoms with Crippen molar-refractivity contribution < 1.29 is 9.53 Å². The van der Waals surface area contributed by atoms with E-state index >= 15 is 0 Å². The molecule has 0 saturated heterocycles. The summed E-state index contributed by atoms with van der Waals surface area (Å²) in [5, 5.41) is 6.30. The minimum atomic E-state index is -0.245. The third-order valence-electron chi connectivity index (χ3n) is 3.08. The summed E-state index contributed by atoms with van der Waals surface area (Å²) in [5.41, 5.74) is 0.920. The van der Waals surface area contributed by atoms with E-state index in [2.05, 4.69) is 17.6 Å². The van der Waals surface area contributed by atoms with Gasteiger partial charge >= 0.3 is 0 Å². The molecule has 0 spiro atoms. The van der Waals surface area contributed by atoms with Gasteiger partial charge in [0, 0.05) is 11.6 Å². The zero-order valence-corrected chi connectivity index (χ0v) is 14.0. The average molecular weight is 292 g/mol.